The van der Waals surface area contributed by atoms with Crippen LogP contribution in [0.2, 0.25) is 0 Å². The van der Waals surface area contributed by atoms with Gasteiger partial charge in [0.1, 0.15) is 11.6 Å². The van der Waals surface area contributed by atoms with Gasteiger partial charge in [0, 0.05) is 17.7 Å². The molecule has 0 spiro atoms. The van der Waals surface area contributed by atoms with E-state index in [9.17, 15) is 39.9 Å². The van der Waals surface area contributed by atoms with Crippen LogP contribution in [-0.2, 0) is 12.4 Å². The zero-order valence-electron chi connectivity index (χ0n) is 14.1. The van der Waals surface area contributed by atoms with E-state index < -0.39 is 63.2 Å². The standard InChI is InChI=1S/C16H6F8N4OS/c17-8-4-3-7(15(19,20)21)10(18)9(8)12-26-14(30-28-12)27-13(29)6-2-1-5-25-11(6)16(22,23)24/h1-5H,(H,26,27,28,29). The molecule has 30 heavy (non-hydrogen) atoms. The molecule has 158 valence electrons. The Morgan fingerprint density at radius 2 is 1.70 bits per heavy atom. The minimum absolute atomic E-state index is 0.199. The van der Waals surface area contributed by atoms with Crippen LogP contribution in [0.5, 0.6) is 0 Å². The van der Waals surface area contributed by atoms with E-state index in [1.807, 2.05) is 5.32 Å². The highest BCUT2D eigenvalue weighted by Gasteiger charge is 2.38. The SMILES string of the molecule is O=C(Nc1nc(-c2c(F)ccc(C(F)(F)F)c2F)ns1)c1cccnc1C(F)(F)F. The molecule has 0 unspecified atom stereocenters. The number of aromatic nitrogens is 3. The molecule has 0 bridgehead atoms. The molecule has 0 aliphatic heterocycles. The minimum Gasteiger partial charge on any atom is -0.297 e. The van der Waals surface area contributed by atoms with Gasteiger partial charge in [0.2, 0.25) is 5.13 Å². The molecule has 2 aromatic heterocycles. The number of nitrogens with one attached hydrogen (secondary N) is 1. The Morgan fingerprint density at radius 3 is 2.33 bits per heavy atom. The number of rotatable bonds is 3. The van der Waals surface area contributed by atoms with Crippen LogP contribution in [0.4, 0.5) is 40.3 Å². The molecule has 3 rings (SSSR count). The molecule has 5 nitrogen and oxygen atoms in total. The number of halogens is 8. The lowest BCUT2D eigenvalue weighted by molar-refractivity contribution is -0.141. The van der Waals surface area contributed by atoms with E-state index in [0.29, 0.717) is 17.6 Å². The first kappa shape index (κ1) is 21.5. The van der Waals surface area contributed by atoms with Crippen molar-refractivity contribution in [1.82, 2.24) is 14.3 Å². The number of anilines is 1. The zero-order valence-corrected chi connectivity index (χ0v) is 14.9. The van der Waals surface area contributed by atoms with Gasteiger partial charge in [-0.15, -0.1) is 0 Å². The van der Waals surface area contributed by atoms with Crippen molar-refractivity contribution in [2.24, 2.45) is 0 Å². The van der Waals surface area contributed by atoms with Crippen molar-refractivity contribution in [3.63, 3.8) is 0 Å². The molecule has 0 saturated carbocycles. The normalized spacial score (nSPS) is 12.1. The van der Waals surface area contributed by atoms with Crippen LogP contribution in [0, 0.1) is 11.6 Å². The maximum atomic E-state index is 14.2. The summed E-state index contributed by atoms with van der Waals surface area (Å²) < 4.78 is 109. The smallest absolute Gasteiger partial charge is 0.297 e. The molecular formula is C16H6F8N4OS. The van der Waals surface area contributed by atoms with E-state index >= 15 is 0 Å². The summed E-state index contributed by atoms with van der Waals surface area (Å²) in [4.78, 5) is 18.7. The van der Waals surface area contributed by atoms with Gasteiger partial charge >= 0.3 is 12.4 Å². The van der Waals surface area contributed by atoms with Gasteiger partial charge in [0.15, 0.2) is 11.5 Å². The fourth-order valence-corrected chi connectivity index (χ4v) is 2.90. The first-order valence-corrected chi connectivity index (χ1v) is 8.39. The number of amides is 1. The number of nitrogens with zero attached hydrogens (tertiary/aromatic N) is 3. The van der Waals surface area contributed by atoms with Gasteiger partial charge in [-0.2, -0.15) is 35.7 Å². The van der Waals surface area contributed by atoms with Crippen LogP contribution in [0.15, 0.2) is 30.5 Å². The van der Waals surface area contributed by atoms with E-state index in [1.54, 1.807) is 0 Å². The summed E-state index contributed by atoms with van der Waals surface area (Å²) in [6.07, 6.45) is -9.24. The predicted molar refractivity (Wildman–Crippen MR) is 87.5 cm³/mol. The lowest BCUT2D eigenvalue weighted by Crippen LogP contribution is -2.20. The third kappa shape index (κ3) is 4.22. The number of carbonyl (C=O) groups excluding carboxylic acids is 1. The molecular weight excluding hydrogens is 448 g/mol. The third-order valence-corrected chi connectivity index (χ3v) is 4.22. The summed E-state index contributed by atoms with van der Waals surface area (Å²) in [7, 11) is 0. The van der Waals surface area contributed by atoms with Crippen LogP contribution in [0.1, 0.15) is 21.6 Å². The van der Waals surface area contributed by atoms with E-state index in [4.69, 9.17) is 0 Å². The Kier molecular flexibility index (Phi) is 5.45. The maximum Gasteiger partial charge on any atom is 0.434 e. The molecule has 1 amide bonds. The number of pyridine rings is 1. The third-order valence-electron chi connectivity index (χ3n) is 3.59. The van der Waals surface area contributed by atoms with Gasteiger partial charge in [0.25, 0.3) is 5.91 Å². The second kappa shape index (κ2) is 7.59. The summed E-state index contributed by atoms with van der Waals surface area (Å²) in [5.41, 5.74) is -5.30. The topological polar surface area (TPSA) is 67.8 Å². The second-order valence-electron chi connectivity index (χ2n) is 5.56. The quantitative estimate of drug-likeness (QED) is 0.555. The highest BCUT2D eigenvalue weighted by molar-refractivity contribution is 7.10. The second-order valence-corrected chi connectivity index (χ2v) is 6.31. The van der Waals surface area contributed by atoms with Gasteiger partial charge in [0.05, 0.1) is 16.7 Å². The average Bonchev–Trinajstić information content (AvgIpc) is 3.07. The van der Waals surface area contributed by atoms with E-state index in [-0.39, 0.29) is 6.07 Å². The van der Waals surface area contributed by atoms with E-state index in [1.165, 1.54) is 0 Å². The largest absolute Gasteiger partial charge is 0.434 e. The molecule has 0 aliphatic rings. The van der Waals surface area contributed by atoms with Crippen LogP contribution < -0.4 is 5.32 Å². The lowest BCUT2D eigenvalue weighted by Gasteiger charge is -2.10. The van der Waals surface area contributed by atoms with Crippen molar-refractivity contribution in [2.45, 2.75) is 12.4 Å². The van der Waals surface area contributed by atoms with Gasteiger partial charge in [-0.1, -0.05) is 0 Å². The van der Waals surface area contributed by atoms with Crippen molar-refractivity contribution in [1.29, 1.82) is 0 Å². The number of benzene rings is 1. The van der Waals surface area contributed by atoms with Crippen LogP contribution >= 0.6 is 11.5 Å². The molecule has 14 heteroatoms. The molecule has 0 radical (unpaired) electrons. The molecule has 0 saturated heterocycles. The highest BCUT2D eigenvalue weighted by atomic mass is 32.1. The summed E-state index contributed by atoms with van der Waals surface area (Å²) >= 11 is 0.302. The summed E-state index contributed by atoms with van der Waals surface area (Å²) in [6, 6.07) is 2.47. The summed E-state index contributed by atoms with van der Waals surface area (Å²) in [5, 5.41) is 1.45. The van der Waals surface area contributed by atoms with Crippen molar-refractivity contribution in [3.05, 3.63) is 58.9 Å². The maximum absolute atomic E-state index is 14.2. The minimum atomic E-state index is -5.12. The first-order chi connectivity index (χ1) is 13.9. The lowest BCUT2D eigenvalue weighted by atomic mass is 10.1. The molecule has 0 aliphatic carbocycles. The van der Waals surface area contributed by atoms with Crippen molar-refractivity contribution in [2.75, 3.05) is 5.32 Å². The van der Waals surface area contributed by atoms with Crippen molar-refractivity contribution < 1.29 is 39.9 Å². The molecule has 0 atom stereocenters. The van der Waals surface area contributed by atoms with Crippen molar-refractivity contribution >= 4 is 22.6 Å². The van der Waals surface area contributed by atoms with Gasteiger partial charge < -0.3 is 0 Å². The van der Waals surface area contributed by atoms with Crippen molar-refractivity contribution in [3.8, 4) is 11.4 Å². The highest BCUT2D eigenvalue weighted by Crippen LogP contribution is 2.37. The summed E-state index contributed by atoms with van der Waals surface area (Å²) in [5.74, 6) is -5.49. The Hall–Kier alpha value is -3.16. The Balaban J connectivity index is 1.94. The first-order valence-electron chi connectivity index (χ1n) is 7.62. The monoisotopic (exact) mass is 454 g/mol. The van der Waals surface area contributed by atoms with Crippen LogP contribution in [0.25, 0.3) is 11.4 Å². The van der Waals surface area contributed by atoms with Gasteiger partial charge in [-0.25, -0.2) is 8.78 Å². The number of carbonyl (C=O) groups is 1. The predicted octanol–water partition coefficient (Wildman–Crippen LogP) is 5.17. The summed E-state index contributed by atoms with van der Waals surface area (Å²) in [6.45, 7) is 0. The average molecular weight is 454 g/mol. The van der Waals surface area contributed by atoms with E-state index in [2.05, 4.69) is 14.3 Å². The molecule has 1 aromatic carbocycles. The number of hydrogen-bond donors (Lipinski definition) is 1. The molecule has 2 heterocycles. The number of hydrogen-bond acceptors (Lipinski definition) is 5. The zero-order chi connectivity index (χ0) is 22.3. The Morgan fingerprint density at radius 1 is 1.00 bits per heavy atom. The molecule has 0 fully saturated rings. The van der Waals surface area contributed by atoms with Gasteiger partial charge in [-0.3, -0.25) is 15.1 Å². The van der Waals surface area contributed by atoms with Crippen LogP contribution in [0.3, 0.4) is 0 Å². The fourth-order valence-electron chi connectivity index (χ4n) is 2.33. The molecule has 1 N–H and O–H groups in total. The van der Waals surface area contributed by atoms with E-state index in [0.717, 1.165) is 18.3 Å². The Bertz CT molecular complexity index is 1110. The van der Waals surface area contributed by atoms with Crippen LogP contribution in [-0.4, -0.2) is 20.2 Å². The fraction of sp³-hybridized carbons (Fsp3) is 0.125. The number of alkyl halides is 6. The van der Waals surface area contributed by atoms with Gasteiger partial charge in [-0.05, 0) is 24.3 Å². The molecule has 3 aromatic rings. The Labute approximate surface area is 165 Å².